The van der Waals surface area contributed by atoms with Crippen LogP contribution in [0.1, 0.15) is 26.6 Å². The highest BCUT2D eigenvalue weighted by Gasteiger charge is 2.22. The van der Waals surface area contributed by atoms with Crippen LogP contribution in [0.4, 0.5) is 11.9 Å². The van der Waals surface area contributed by atoms with Crippen LogP contribution in [0, 0.1) is 5.41 Å². The Kier molecular flexibility index (Phi) is 5.35. The molecule has 8 nitrogen and oxygen atoms in total. The number of rotatable bonds is 4. The molecular weight excluding hydrogens is 296 g/mol. The van der Waals surface area contributed by atoms with Crippen molar-refractivity contribution in [2.45, 2.75) is 27.3 Å². The molecule has 1 amide bonds. The Bertz CT molecular complexity index is 549. The molecule has 0 radical (unpaired) electrons. The van der Waals surface area contributed by atoms with Crippen LogP contribution in [0.2, 0.25) is 0 Å². The maximum Gasteiger partial charge on any atom is 0.230 e. The molecular formula is C15H26N6O2. The lowest BCUT2D eigenvalue weighted by atomic mass is 9.96. The molecule has 23 heavy (non-hydrogen) atoms. The molecule has 2 rings (SSSR count). The normalized spacial score (nSPS) is 15.4. The lowest BCUT2D eigenvalue weighted by Gasteiger charge is -2.27. The average Bonchev–Trinajstić information content (AvgIpc) is 2.52. The van der Waals surface area contributed by atoms with E-state index in [0.717, 1.165) is 13.1 Å². The van der Waals surface area contributed by atoms with E-state index in [1.807, 2.05) is 39.8 Å². The number of hydrogen-bond acceptors (Lipinski definition) is 7. The highest BCUT2D eigenvalue weighted by atomic mass is 16.5. The Morgan fingerprint density at radius 3 is 2.43 bits per heavy atom. The summed E-state index contributed by atoms with van der Waals surface area (Å²) < 4.78 is 5.37. The van der Waals surface area contributed by atoms with Gasteiger partial charge in [-0.15, -0.1) is 0 Å². The number of carbonyl (C=O) groups excluding carboxylic acids is 1. The molecule has 1 N–H and O–H groups in total. The maximum absolute atomic E-state index is 12.0. The summed E-state index contributed by atoms with van der Waals surface area (Å²) in [7, 11) is 3.77. The van der Waals surface area contributed by atoms with Gasteiger partial charge in [-0.25, -0.2) is 0 Å². The van der Waals surface area contributed by atoms with E-state index in [4.69, 9.17) is 4.74 Å². The van der Waals surface area contributed by atoms with E-state index < -0.39 is 5.41 Å². The molecule has 1 aliphatic heterocycles. The molecule has 1 aromatic rings. The van der Waals surface area contributed by atoms with E-state index in [0.29, 0.717) is 30.9 Å². The smallest absolute Gasteiger partial charge is 0.230 e. The van der Waals surface area contributed by atoms with Crippen LogP contribution in [0.5, 0.6) is 0 Å². The molecule has 0 aliphatic carbocycles. The van der Waals surface area contributed by atoms with Crippen molar-refractivity contribution in [2.24, 2.45) is 5.41 Å². The maximum atomic E-state index is 12.0. The number of anilines is 2. The number of nitrogens with one attached hydrogen (secondary N) is 1. The third kappa shape index (κ3) is 4.75. The van der Waals surface area contributed by atoms with Gasteiger partial charge in [0.2, 0.25) is 17.8 Å². The Morgan fingerprint density at radius 1 is 1.22 bits per heavy atom. The van der Waals surface area contributed by atoms with Gasteiger partial charge in [-0.1, -0.05) is 20.8 Å². The van der Waals surface area contributed by atoms with Crippen molar-refractivity contribution >= 4 is 17.8 Å². The molecule has 8 heteroatoms. The standard InChI is InChI=1S/C15H26N6O2/c1-15(2,3)12(22)16-10-11-17-13(20(4)5)19-14(18-11)21-6-8-23-9-7-21/h6-10H2,1-5H3,(H,16,22). The second-order valence-electron chi connectivity index (χ2n) is 6.78. The van der Waals surface area contributed by atoms with Gasteiger partial charge in [0.1, 0.15) is 0 Å². The molecule has 1 fully saturated rings. The summed E-state index contributed by atoms with van der Waals surface area (Å²) in [4.78, 5) is 29.3. The SMILES string of the molecule is CN(C)c1nc(CNC(=O)C(C)(C)C)nc(N2CCOCC2)n1. The fourth-order valence-electron chi connectivity index (χ4n) is 2.00. The van der Waals surface area contributed by atoms with Gasteiger partial charge in [0.15, 0.2) is 5.82 Å². The minimum absolute atomic E-state index is 0.0303. The summed E-state index contributed by atoms with van der Waals surface area (Å²) in [6.45, 7) is 8.75. The number of carbonyl (C=O) groups is 1. The van der Waals surface area contributed by atoms with Crippen LogP contribution < -0.4 is 15.1 Å². The number of morpholine rings is 1. The number of hydrogen-bond donors (Lipinski definition) is 1. The van der Waals surface area contributed by atoms with E-state index in [1.165, 1.54) is 0 Å². The van der Waals surface area contributed by atoms with Crippen LogP contribution in [-0.2, 0) is 16.1 Å². The molecule has 2 heterocycles. The lowest BCUT2D eigenvalue weighted by Crippen LogP contribution is -2.38. The van der Waals surface area contributed by atoms with Crippen LogP contribution in [0.25, 0.3) is 0 Å². The number of ether oxygens (including phenoxy) is 1. The molecule has 0 saturated carbocycles. The second kappa shape index (κ2) is 7.08. The predicted molar refractivity (Wildman–Crippen MR) is 88.5 cm³/mol. The van der Waals surface area contributed by atoms with Crippen molar-refractivity contribution in [1.29, 1.82) is 0 Å². The topological polar surface area (TPSA) is 83.5 Å². The molecule has 1 saturated heterocycles. The number of amides is 1. The zero-order valence-electron chi connectivity index (χ0n) is 14.6. The largest absolute Gasteiger partial charge is 0.378 e. The number of nitrogens with zero attached hydrogens (tertiary/aromatic N) is 5. The molecule has 0 unspecified atom stereocenters. The van der Waals surface area contributed by atoms with E-state index in [-0.39, 0.29) is 12.5 Å². The van der Waals surface area contributed by atoms with Gasteiger partial charge in [0, 0.05) is 32.6 Å². The fraction of sp³-hybridized carbons (Fsp3) is 0.733. The Morgan fingerprint density at radius 2 is 1.87 bits per heavy atom. The van der Waals surface area contributed by atoms with Gasteiger partial charge in [0.05, 0.1) is 19.8 Å². The van der Waals surface area contributed by atoms with Crippen LogP contribution in [0.15, 0.2) is 0 Å². The predicted octanol–water partition coefficient (Wildman–Crippen LogP) is 0.437. The molecule has 0 spiro atoms. The van der Waals surface area contributed by atoms with Crippen molar-refractivity contribution in [1.82, 2.24) is 20.3 Å². The molecule has 0 atom stereocenters. The first-order valence-corrected chi connectivity index (χ1v) is 7.80. The molecule has 128 valence electrons. The van der Waals surface area contributed by atoms with Crippen LogP contribution in [-0.4, -0.2) is 61.3 Å². The van der Waals surface area contributed by atoms with Crippen molar-refractivity contribution in [3.8, 4) is 0 Å². The third-order valence-corrected chi connectivity index (χ3v) is 3.44. The number of aromatic nitrogens is 3. The molecule has 0 bridgehead atoms. The molecule has 0 aromatic carbocycles. The second-order valence-corrected chi connectivity index (χ2v) is 6.78. The van der Waals surface area contributed by atoms with Gasteiger partial charge in [0.25, 0.3) is 0 Å². The van der Waals surface area contributed by atoms with Crippen molar-refractivity contribution in [2.75, 3.05) is 50.2 Å². The van der Waals surface area contributed by atoms with Gasteiger partial charge < -0.3 is 19.9 Å². The monoisotopic (exact) mass is 322 g/mol. The van der Waals surface area contributed by atoms with Gasteiger partial charge in [-0.3, -0.25) is 4.79 Å². The first kappa shape index (κ1) is 17.4. The van der Waals surface area contributed by atoms with E-state index in [1.54, 1.807) is 0 Å². The summed E-state index contributed by atoms with van der Waals surface area (Å²) in [6, 6.07) is 0. The zero-order valence-corrected chi connectivity index (χ0v) is 14.6. The highest BCUT2D eigenvalue weighted by molar-refractivity contribution is 5.81. The summed E-state index contributed by atoms with van der Waals surface area (Å²) in [5.74, 6) is 1.74. The highest BCUT2D eigenvalue weighted by Crippen LogP contribution is 2.15. The summed E-state index contributed by atoms with van der Waals surface area (Å²) in [5.41, 5.74) is -0.440. The van der Waals surface area contributed by atoms with Gasteiger partial charge in [-0.05, 0) is 0 Å². The van der Waals surface area contributed by atoms with Crippen LogP contribution in [0.3, 0.4) is 0 Å². The first-order chi connectivity index (χ1) is 10.8. The first-order valence-electron chi connectivity index (χ1n) is 7.80. The fourth-order valence-corrected chi connectivity index (χ4v) is 2.00. The minimum atomic E-state index is -0.440. The zero-order chi connectivity index (χ0) is 17.0. The summed E-state index contributed by atoms with van der Waals surface area (Å²) >= 11 is 0. The Hall–Kier alpha value is -1.96. The summed E-state index contributed by atoms with van der Waals surface area (Å²) in [5, 5.41) is 2.88. The molecule has 1 aromatic heterocycles. The minimum Gasteiger partial charge on any atom is -0.378 e. The van der Waals surface area contributed by atoms with Crippen molar-refractivity contribution in [3.63, 3.8) is 0 Å². The lowest BCUT2D eigenvalue weighted by molar-refractivity contribution is -0.128. The van der Waals surface area contributed by atoms with Crippen molar-refractivity contribution < 1.29 is 9.53 Å². The average molecular weight is 322 g/mol. The van der Waals surface area contributed by atoms with Crippen molar-refractivity contribution in [3.05, 3.63) is 5.82 Å². The third-order valence-electron chi connectivity index (χ3n) is 3.44. The van der Waals surface area contributed by atoms with E-state index in [2.05, 4.69) is 25.2 Å². The Balaban J connectivity index is 2.17. The van der Waals surface area contributed by atoms with Gasteiger partial charge in [-0.2, -0.15) is 15.0 Å². The van der Waals surface area contributed by atoms with E-state index in [9.17, 15) is 4.79 Å². The van der Waals surface area contributed by atoms with E-state index >= 15 is 0 Å². The van der Waals surface area contributed by atoms with Gasteiger partial charge >= 0.3 is 0 Å². The Labute approximate surface area is 137 Å². The quantitative estimate of drug-likeness (QED) is 0.861. The van der Waals surface area contributed by atoms with Crippen LogP contribution >= 0.6 is 0 Å². The summed E-state index contributed by atoms with van der Waals surface area (Å²) in [6.07, 6.45) is 0. The molecule has 1 aliphatic rings.